The van der Waals surface area contributed by atoms with E-state index in [9.17, 15) is 4.39 Å². The third kappa shape index (κ3) is 3.05. The van der Waals surface area contributed by atoms with E-state index >= 15 is 0 Å². The van der Waals surface area contributed by atoms with Crippen LogP contribution in [0.15, 0.2) is 53.4 Å². The van der Waals surface area contributed by atoms with Crippen molar-refractivity contribution in [2.24, 2.45) is 0 Å². The Kier molecular flexibility index (Phi) is 4.08. The van der Waals surface area contributed by atoms with E-state index in [-0.39, 0.29) is 5.82 Å². The molecule has 0 bridgehead atoms. The maximum absolute atomic E-state index is 13.6. The van der Waals surface area contributed by atoms with Gasteiger partial charge >= 0.3 is 0 Å². The van der Waals surface area contributed by atoms with E-state index in [4.69, 9.17) is 0 Å². The zero-order chi connectivity index (χ0) is 13.9. The third-order valence-corrected chi connectivity index (χ3v) is 4.93. The molecular weight excluding hydrogens is 269 g/mol. The lowest BCUT2D eigenvalue weighted by Gasteiger charge is -2.20. The van der Waals surface area contributed by atoms with Gasteiger partial charge < -0.3 is 4.90 Å². The molecule has 0 N–H and O–H groups in total. The van der Waals surface area contributed by atoms with Gasteiger partial charge in [-0.3, -0.25) is 0 Å². The van der Waals surface area contributed by atoms with Gasteiger partial charge in [0.05, 0.1) is 0 Å². The van der Waals surface area contributed by atoms with Crippen LogP contribution in [0.3, 0.4) is 0 Å². The lowest BCUT2D eigenvalue weighted by molar-refractivity contribution is 0.322. The fourth-order valence-corrected chi connectivity index (χ4v) is 4.10. The molecule has 3 rings (SSSR count). The largest absolute Gasteiger partial charge is 0.301 e. The van der Waals surface area contributed by atoms with Gasteiger partial charge in [-0.25, -0.2) is 4.39 Å². The molecule has 1 nitrogen and oxygen atoms in total. The molecule has 2 aromatic rings. The van der Waals surface area contributed by atoms with Gasteiger partial charge in [0.1, 0.15) is 5.82 Å². The first-order valence-electron chi connectivity index (χ1n) is 6.89. The number of benzene rings is 2. The standard InChI is InChI=1S/C17H18FNS/c1-19(11-14-7-2-4-8-16(14)18)12-15-10-13-6-3-5-9-17(13)20-15/h2-9,15H,10-12H2,1H3. The molecule has 0 saturated carbocycles. The first-order valence-corrected chi connectivity index (χ1v) is 7.77. The second-order valence-corrected chi connectivity index (χ2v) is 6.68. The summed E-state index contributed by atoms with van der Waals surface area (Å²) < 4.78 is 13.6. The molecule has 2 aromatic carbocycles. The number of thioether (sulfide) groups is 1. The highest BCUT2D eigenvalue weighted by Gasteiger charge is 2.23. The topological polar surface area (TPSA) is 3.24 Å². The second-order valence-electron chi connectivity index (χ2n) is 5.34. The van der Waals surface area contributed by atoms with Gasteiger partial charge in [-0.15, -0.1) is 11.8 Å². The Labute approximate surface area is 123 Å². The minimum Gasteiger partial charge on any atom is -0.301 e. The molecule has 3 heteroatoms. The van der Waals surface area contributed by atoms with Crippen LogP contribution in [-0.2, 0) is 13.0 Å². The number of halogens is 1. The average Bonchev–Trinajstić information content (AvgIpc) is 2.83. The molecule has 20 heavy (non-hydrogen) atoms. The summed E-state index contributed by atoms with van der Waals surface area (Å²) >= 11 is 1.94. The lowest BCUT2D eigenvalue weighted by atomic mass is 10.1. The average molecular weight is 287 g/mol. The minimum atomic E-state index is -0.110. The molecule has 1 unspecified atom stereocenters. The van der Waals surface area contributed by atoms with Crippen molar-refractivity contribution in [3.8, 4) is 0 Å². The molecule has 0 spiro atoms. The van der Waals surface area contributed by atoms with E-state index in [0.29, 0.717) is 11.8 Å². The number of fused-ring (bicyclic) bond motifs is 1. The van der Waals surface area contributed by atoms with Crippen LogP contribution < -0.4 is 0 Å². The van der Waals surface area contributed by atoms with Crippen LogP contribution in [0.5, 0.6) is 0 Å². The Bertz CT molecular complexity index is 574. The smallest absolute Gasteiger partial charge is 0.127 e. The Morgan fingerprint density at radius 3 is 2.70 bits per heavy atom. The van der Waals surface area contributed by atoms with E-state index in [2.05, 4.69) is 36.2 Å². The summed E-state index contributed by atoms with van der Waals surface area (Å²) in [5.41, 5.74) is 2.22. The van der Waals surface area contributed by atoms with Crippen molar-refractivity contribution in [1.82, 2.24) is 4.90 Å². The van der Waals surface area contributed by atoms with Crippen molar-refractivity contribution in [3.63, 3.8) is 0 Å². The summed E-state index contributed by atoms with van der Waals surface area (Å²) in [7, 11) is 2.07. The number of hydrogen-bond acceptors (Lipinski definition) is 2. The quantitative estimate of drug-likeness (QED) is 0.837. The molecule has 1 aliphatic rings. The van der Waals surface area contributed by atoms with Gasteiger partial charge in [-0.1, -0.05) is 36.4 Å². The Morgan fingerprint density at radius 1 is 1.15 bits per heavy atom. The zero-order valence-electron chi connectivity index (χ0n) is 11.6. The van der Waals surface area contributed by atoms with Crippen LogP contribution in [-0.4, -0.2) is 23.7 Å². The van der Waals surface area contributed by atoms with Gasteiger partial charge in [0.25, 0.3) is 0 Å². The van der Waals surface area contributed by atoms with Crippen molar-refractivity contribution in [2.45, 2.75) is 23.1 Å². The Balaban J connectivity index is 1.59. The molecule has 0 saturated heterocycles. The van der Waals surface area contributed by atoms with Crippen molar-refractivity contribution >= 4 is 11.8 Å². The molecule has 1 atom stereocenters. The van der Waals surface area contributed by atoms with Crippen LogP contribution in [0.1, 0.15) is 11.1 Å². The van der Waals surface area contributed by atoms with E-state index in [0.717, 1.165) is 18.5 Å². The van der Waals surface area contributed by atoms with Gasteiger partial charge in [-0.05, 0) is 31.2 Å². The monoisotopic (exact) mass is 287 g/mol. The van der Waals surface area contributed by atoms with E-state index in [1.54, 1.807) is 6.07 Å². The predicted molar refractivity (Wildman–Crippen MR) is 82.5 cm³/mol. The SMILES string of the molecule is CN(Cc1ccccc1F)CC1Cc2ccccc2S1. The lowest BCUT2D eigenvalue weighted by Crippen LogP contribution is -2.27. The summed E-state index contributed by atoms with van der Waals surface area (Å²) in [4.78, 5) is 3.61. The van der Waals surface area contributed by atoms with Crippen LogP contribution in [0.2, 0.25) is 0 Å². The van der Waals surface area contributed by atoms with Crippen molar-refractivity contribution in [2.75, 3.05) is 13.6 Å². The van der Waals surface area contributed by atoms with Gasteiger partial charge in [0, 0.05) is 28.8 Å². The predicted octanol–water partition coefficient (Wildman–Crippen LogP) is 3.97. The summed E-state index contributed by atoms with van der Waals surface area (Å²) in [6.07, 6.45) is 1.11. The van der Waals surface area contributed by atoms with Crippen LogP contribution in [0.25, 0.3) is 0 Å². The number of rotatable bonds is 4. The zero-order valence-corrected chi connectivity index (χ0v) is 12.4. The minimum absolute atomic E-state index is 0.110. The molecular formula is C17H18FNS. The maximum Gasteiger partial charge on any atom is 0.127 e. The highest BCUT2D eigenvalue weighted by atomic mass is 32.2. The second kappa shape index (κ2) is 5.98. The van der Waals surface area contributed by atoms with Crippen molar-refractivity contribution < 1.29 is 4.39 Å². The van der Waals surface area contributed by atoms with Crippen molar-refractivity contribution in [3.05, 3.63) is 65.5 Å². The molecule has 0 amide bonds. The van der Waals surface area contributed by atoms with Gasteiger partial charge in [0.2, 0.25) is 0 Å². The molecule has 0 fully saturated rings. The van der Waals surface area contributed by atoms with Crippen molar-refractivity contribution in [1.29, 1.82) is 0 Å². The summed E-state index contributed by atoms with van der Waals surface area (Å²) in [6, 6.07) is 15.6. The first kappa shape index (κ1) is 13.7. The van der Waals surface area contributed by atoms with Crippen LogP contribution in [0.4, 0.5) is 4.39 Å². The summed E-state index contributed by atoms with van der Waals surface area (Å²) in [5, 5.41) is 0.573. The maximum atomic E-state index is 13.6. The Hall–Kier alpha value is -1.32. The van der Waals surface area contributed by atoms with Gasteiger partial charge in [-0.2, -0.15) is 0 Å². The number of hydrogen-bond donors (Lipinski definition) is 0. The molecule has 1 heterocycles. The third-order valence-electron chi connectivity index (χ3n) is 3.63. The highest BCUT2D eigenvalue weighted by Crippen LogP contribution is 2.37. The first-order chi connectivity index (χ1) is 9.72. The Morgan fingerprint density at radius 2 is 1.90 bits per heavy atom. The molecule has 0 aromatic heterocycles. The fraction of sp³-hybridized carbons (Fsp3) is 0.294. The normalized spacial score (nSPS) is 17.4. The molecule has 104 valence electrons. The van der Waals surface area contributed by atoms with E-state index < -0.39 is 0 Å². The fourth-order valence-electron chi connectivity index (χ4n) is 2.69. The van der Waals surface area contributed by atoms with E-state index in [1.807, 2.05) is 23.9 Å². The molecule has 1 aliphatic heterocycles. The highest BCUT2D eigenvalue weighted by molar-refractivity contribution is 8.00. The van der Waals surface area contributed by atoms with Crippen LogP contribution >= 0.6 is 11.8 Å². The molecule has 0 radical (unpaired) electrons. The summed E-state index contributed by atoms with van der Waals surface area (Å²) in [5.74, 6) is -0.110. The number of nitrogens with zero attached hydrogens (tertiary/aromatic N) is 1. The van der Waals surface area contributed by atoms with Gasteiger partial charge in [0.15, 0.2) is 0 Å². The van der Waals surface area contributed by atoms with Crippen LogP contribution in [0, 0.1) is 5.82 Å². The van der Waals surface area contributed by atoms with E-state index in [1.165, 1.54) is 16.5 Å². The summed E-state index contributed by atoms with van der Waals surface area (Å²) in [6.45, 7) is 1.65. The molecule has 0 aliphatic carbocycles.